The Labute approximate surface area is 215 Å². The Kier molecular flexibility index (Phi) is 13.6. The number of carbonyl (C=O) groups is 5. The van der Waals surface area contributed by atoms with Crippen molar-refractivity contribution in [1.29, 1.82) is 0 Å². The second-order valence-electron chi connectivity index (χ2n) is 8.70. The zero-order valence-corrected chi connectivity index (χ0v) is 21.5. The van der Waals surface area contributed by atoms with Crippen LogP contribution in [0.2, 0.25) is 0 Å². The SMILES string of the molecule is CSCCC(N)C(=O)NC(CCC(=O)O)C(=O)NC(C(=O)NC(Cc1ccccc1)C(=O)O)C(C)C. The summed E-state index contributed by atoms with van der Waals surface area (Å²) in [5, 5.41) is 26.1. The number of benzene rings is 1. The van der Waals surface area contributed by atoms with Crippen LogP contribution in [-0.2, 0) is 30.4 Å². The summed E-state index contributed by atoms with van der Waals surface area (Å²) in [6.45, 7) is 3.33. The molecule has 0 aromatic heterocycles. The highest BCUT2D eigenvalue weighted by Gasteiger charge is 2.32. The van der Waals surface area contributed by atoms with Crippen LogP contribution in [0.3, 0.4) is 0 Å². The van der Waals surface area contributed by atoms with E-state index in [1.165, 1.54) is 11.8 Å². The summed E-state index contributed by atoms with van der Waals surface area (Å²) in [7, 11) is 0. The van der Waals surface area contributed by atoms with Gasteiger partial charge in [-0.2, -0.15) is 11.8 Å². The van der Waals surface area contributed by atoms with Gasteiger partial charge in [0.15, 0.2) is 0 Å². The predicted octanol–water partition coefficient (Wildman–Crippen LogP) is 0.369. The predicted molar refractivity (Wildman–Crippen MR) is 136 cm³/mol. The number of hydrogen-bond donors (Lipinski definition) is 6. The molecule has 11 nitrogen and oxygen atoms in total. The average molecular weight is 525 g/mol. The topological polar surface area (TPSA) is 188 Å². The standard InChI is InChI=1S/C24H36N4O7S/c1-14(2)20(23(33)27-18(24(34)35)13-15-7-5-4-6-8-15)28-22(32)17(9-10-19(29)30)26-21(31)16(25)11-12-36-3/h4-8,14,16-18,20H,9-13,25H2,1-3H3,(H,26,31)(H,27,33)(H,28,32)(H,29,30)(H,34,35). The molecule has 1 aromatic rings. The highest BCUT2D eigenvalue weighted by Crippen LogP contribution is 2.09. The zero-order valence-electron chi connectivity index (χ0n) is 20.7. The lowest BCUT2D eigenvalue weighted by Gasteiger charge is -2.27. The molecule has 4 unspecified atom stereocenters. The van der Waals surface area contributed by atoms with Crippen molar-refractivity contribution in [1.82, 2.24) is 16.0 Å². The minimum absolute atomic E-state index is 0.0475. The van der Waals surface area contributed by atoms with Crippen LogP contribution in [0, 0.1) is 5.92 Å². The summed E-state index contributed by atoms with van der Waals surface area (Å²) in [5.41, 5.74) is 6.57. The van der Waals surface area contributed by atoms with Gasteiger partial charge in [-0.25, -0.2) is 4.79 Å². The Morgan fingerprint density at radius 2 is 1.50 bits per heavy atom. The van der Waals surface area contributed by atoms with Gasteiger partial charge >= 0.3 is 11.9 Å². The van der Waals surface area contributed by atoms with Crippen molar-refractivity contribution in [2.75, 3.05) is 12.0 Å². The molecule has 0 aliphatic rings. The Balaban J connectivity index is 2.96. The number of carbonyl (C=O) groups excluding carboxylic acids is 3. The molecule has 0 heterocycles. The van der Waals surface area contributed by atoms with Gasteiger partial charge in [0.1, 0.15) is 18.1 Å². The van der Waals surface area contributed by atoms with Gasteiger partial charge < -0.3 is 31.9 Å². The summed E-state index contributed by atoms with van der Waals surface area (Å²) < 4.78 is 0. The molecule has 0 saturated heterocycles. The van der Waals surface area contributed by atoms with Crippen molar-refractivity contribution in [3.8, 4) is 0 Å². The van der Waals surface area contributed by atoms with Crippen LogP contribution in [0.5, 0.6) is 0 Å². The Morgan fingerprint density at radius 1 is 0.889 bits per heavy atom. The number of nitrogens with two attached hydrogens (primary N) is 1. The number of carboxylic acid groups (broad SMARTS) is 2. The third-order valence-electron chi connectivity index (χ3n) is 5.39. The molecule has 36 heavy (non-hydrogen) atoms. The lowest BCUT2D eigenvalue weighted by Crippen LogP contribution is -2.58. The fourth-order valence-electron chi connectivity index (χ4n) is 3.29. The van der Waals surface area contributed by atoms with E-state index in [0.29, 0.717) is 17.7 Å². The molecular weight excluding hydrogens is 488 g/mol. The molecule has 1 aromatic carbocycles. The minimum Gasteiger partial charge on any atom is -0.481 e. The third-order valence-corrected chi connectivity index (χ3v) is 6.04. The van der Waals surface area contributed by atoms with Gasteiger partial charge in [-0.15, -0.1) is 0 Å². The van der Waals surface area contributed by atoms with Crippen molar-refractivity contribution in [3.63, 3.8) is 0 Å². The number of thioether (sulfide) groups is 1. The second-order valence-corrected chi connectivity index (χ2v) is 9.69. The maximum Gasteiger partial charge on any atom is 0.326 e. The van der Waals surface area contributed by atoms with Crippen LogP contribution in [0.4, 0.5) is 0 Å². The van der Waals surface area contributed by atoms with E-state index >= 15 is 0 Å². The molecule has 0 fully saturated rings. The maximum absolute atomic E-state index is 13.0. The van der Waals surface area contributed by atoms with Crippen LogP contribution in [0.1, 0.15) is 38.7 Å². The van der Waals surface area contributed by atoms with Crippen molar-refractivity contribution < 1.29 is 34.2 Å². The third kappa shape index (κ3) is 11.1. The van der Waals surface area contributed by atoms with E-state index in [1.54, 1.807) is 44.2 Å². The molecule has 0 aliphatic carbocycles. The van der Waals surface area contributed by atoms with E-state index in [9.17, 15) is 29.1 Å². The van der Waals surface area contributed by atoms with Crippen molar-refractivity contribution >= 4 is 41.4 Å². The number of rotatable bonds is 16. The summed E-state index contributed by atoms with van der Waals surface area (Å²) in [5.74, 6) is -4.26. The van der Waals surface area contributed by atoms with Crippen LogP contribution in [0.15, 0.2) is 30.3 Å². The Morgan fingerprint density at radius 3 is 2.03 bits per heavy atom. The number of nitrogens with one attached hydrogen (secondary N) is 3. The van der Waals surface area contributed by atoms with Crippen molar-refractivity contribution in [3.05, 3.63) is 35.9 Å². The van der Waals surface area contributed by atoms with Gasteiger partial charge in [0.25, 0.3) is 0 Å². The van der Waals surface area contributed by atoms with Crippen LogP contribution >= 0.6 is 11.8 Å². The summed E-state index contributed by atoms with van der Waals surface area (Å²) in [4.78, 5) is 61.2. The van der Waals surface area contributed by atoms with Gasteiger partial charge in [-0.05, 0) is 36.3 Å². The molecule has 0 radical (unpaired) electrons. The molecule has 12 heteroatoms. The maximum atomic E-state index is 13.0. The summed E-state index contributed by atoms with van der Waals surface area (Å²) in [6.07, 6.45) is 1.68. The van der Waals surface area contributed by atoms with E-state index in [0.717, 1.165) is 0 Å². The highest BCUT2D eigenvalue weighted by molar-refractivity contribution is 7.98. The van der Waals surface area contributed by atoms with Crippen molar-refractivity contribution in [2.24, 2.45) is 11.7 Å². The van der Waals surface area contributed by atoms with Gasteiger partial charge in [0.2, 0.25) is 17.7 Å². The first-order valence-corrected chi connectivity index (χ1v) is 13.0. The zero-order chi connectivity index (χ0) is 27.3. The molecule has 0 aliphatic heterocycles. The number of carboxylic acids is 2. The van der Waals surface area contributed by atoms with Gasteiger partial charge in [-0.3, -0.25) is 19.2 Å². The quantitative estimate of drug-likeness (QED) is 0.177. The lowest BCUT2D eigenvalue weighted by molar-refractivity contribution is -0.142. The number of hydrogen-bond acceptors (Lipinski definition) is 7. The van der Waals surface area contributed by atoms with Gasteiger partial charge in [0, 0.05) is 12.8 Å². The minimum atomic E-state index is -1.23. The Hall–Kier alpha value is -3.12. The number of aliphatic carboxylic acids is 2. The fraction of sp³-hybridized carbons (Fsp3) is 0.542. The monoisotopic (exact) mass is 524 g/mol. The lowest BCUT2D eigenvalue weighted by atomic mass is 10.0. The first-order chi connectivity index (χ1) is 17.0. The molecule has 7 N–H and O–H groups in total. The van der Waals surface area contributed by atoms with Gasteiger partial charge in [0.05, 0.1) is 6.04 Å². The van der Waals surface area contributed by atoms with E-state index in [-0.39, 0.29) is 12.8 Å². The molecule has 200 valence electrons. The van der Waals surface area contributed by atoms with E-state index < -0.39 is 66.2 Å². The summed E-state index contributed by atoms with van der Waals surface area (Å²) in [6, 6.07) is 4.32. The van der Waals surface area contributed by atoms with Crippen LogP contribution < -0.4 is 21.7 Å². The normalized spacial score (nSPS) is 14.2. The first-order valence-electron chi connectivity index (χ1n) is 11.6. The molecule has 0 saturated carbocycles. The molecule has 3 amide bonds. The summed E-state index contributed by atoms with van der Waals surface area (Å²) >= 11 is 1.51. The van der Waals surface area contributed by atoms with E-state index in [4.69, 9.17) is 10.8 Å². The van der Waals surface area contributed by atoms with Crippen LogP contribution in [0.25, 0.3) is 0 Å². The molecular formula is C24H36N4O7S. The highest BCUT2D eigenvalue weighted by atomic mass is 32.2. The van der Waals surface area contributed by atoms with Gasteiger partial charge in [-0.1, -0.05) is 44.2 Å². The van der Waals surface area contributed by atoms with Crippen LogP contribution in [-0.4, -0.2) is 76.0 Å². The van der Waals surface area contributed by atoms with E-state index in [2.05, 4.69) is 16.0 Å². The molecule has 4 atom stereocenters. The Bertz CT molecular complexity index is 898. The molecule has 0 spiro atoms. The fourth-order valence-corrected chi connectivity index (χ4v) is 3.78. The smallest absolute Gasteiger partial charge is 0.326 e. The van der Waals surface area contributed by atoms with E-state index in [1.807, 2.05) is 6.26 Å². The second kappa shape index (κ2) is 15.8. The largest absolute Gasteiger partial charge is 0.481 e. The average Bonchev–Trinajstić information content (AvgIpc) is 2.82. The first kappa shape index (κ1) is 30.9. The van der Waals surface area contributed by atoms with Crippen molar-refractivity contribution in [2.45, 2.75) is 63.7 Å². The molecule has 1 rings (SSSR count). The number of amides is 3. The molecule has 0 bridgehead atoms.